The average Bonchev–Trinajstić information content (AvgIpc) is 3.18. The van der Waals surface area contributed by atoms with Gasteiger partial charge in [0.15, 0.2) is 0 Å². The normalized spacial score (nSPS) is 23.5. The van der Waals surface area contributed by atoms with Gasteiger partial charge in [0.1, 0.15) is 0 Å². The second kappa shape index (κ2) is 5.82. The summed E-state index contributed by atoms with van der Waals surface area (Å²) in [5.74, 6) is 1.55. The molecule has 0 N–H and O–H groups in total. The molecule has 1 saturated heterocycles. The first-order chi connectivity index (χ1) is 8.91. The molecule has 1 amide bonds. The van der Waals surface area contributed by atoms with E-state index in [1.165, 1.54) is 13.0 Å². The third-order valence-electron chi connectivity index (χ3n) is 4.81. The van der Waals surface area contributed by atoms with E-state index in [2.05, 4.69) is 37.5 Å². The summed E-state index contributed by atoms with van der Waals surface area (Å²) in [5, 5.41) is 0. The van der Waals surface area contributed by atoms with Crippen LogP contribution >= 0.6 is 0 Å². The van der Waals surface area contributed by atoms with Gasteiger partial charge < -0.3 is 4.90 Å². The predicted molar refractivity (Wildman–Crippen MR) is 79.0 cm³/mol. The zero-order valence-electron chi connectivity index (χ0n) is 13.1. The summed E-state index contributed by atoms with van der Waals surface area (Å²) in [4.78, 5) is 16.7. The van der Waals surface area contributed by atoms with Crippen LogP contribution in [-0.2, 0) is 4.79 Å². The average molecular weight is 266 g/mol. The molecule has 0 aromatic carbocycles. The van der Waals surface area contributed by atoms with Gasteiger partial charge in [-0.15, -0.1) is 0 Å². The molecule has 1 heterocycles. The van der Waals surface area contributed by atoms with Gasteiger partial charge in [0.25, 0.3) is 0 Å². The van der Waals surface area contributed by atoms with Gasteiger partial charge in [-0.1, -0.05) is 34.1 Å². The molecule has 0 bridgehead atoms. The molecule has 3 heteroatoms. The number of hydrogen-bond acceptors (Lipinski definition) is 2. The standard InChI is InChI=1S/C16H30N2O/c1-5-14(16(2,3)4)12-17-8-10-18(11-9-17)15(19)13-6-7-13/h13-14H,5-12H2,1-4H3/t14-/m0/s1. The fourth-order valence-electron chi connectivity index (χ4n) is 3.07. The Labute approximate surface area is 118 Å². The molecule has 1 aliphatic heterocycles. The van der Waals surface area contributed by atoms with E-state index >= 15 is 0 Å². The Hall–Kier alpha value is -0.570. The van der Waals surface area contributed by atoms with E-state index in [0.717, 1.165) is 44.9 Å². The maximum atomic E-state index is 12.0. The molecule has 1 saturated carbocycles. The van der Waals surface area contributed by atoms with Crippen molar-refractivity contribution in [2.45, 2.75) is 47.0 Å². The number of rotatable bonds is 4. The molecule has 0 radical (unpaired) electrons. The summed E-state index contributed by atoms with van der Waals surface area (Å²) in [6, 6.07) is 0. The van der Waals surface area contributed by atoms with Crippen LogP contribution in [0.1, 0.15) is 47.0 Å². The van der Waals surface area contributed by atoms with E-state index in [0.29, 0.717) is 17.2 Å². The van der Waals surface area contributed by atoms with E-state index in [-0.39, 0.29) is 0 Å². The van der Waals surface area contributed by atoms with Crippen LogP contribution in [0.4, 0.5) is 0 Å². The fourth-order valence-corrected chi connectivity index (χ4v) is 3.07. The number of amides is 1. The Morgan fingerprint density at radius 2 is 1.74 bits per heavy atom. The van der Waals surface area contributed by atoms with Crippen LogP contribution in [0.25, 0.3) is 0 Å². The molecule has 1 atom stereocenters. The number of carbonyl (C=O) groups excluding carboxylic acids is 1. The minimum atomic E-state index is 0.379. The van der Waals surface area contributed by atoms with Gasteiger partial charge in [0.2, 0.25) is 5.91 Å². The zero-order valence-corrected chi connectivity index (χ0v) is 13.1. The maximum absolute atomic E-state index is 12.0. The molecule has 0 spiro atoms. The van der Waals surface area contributed by atoms with Crippen LogP contribution in [0.3, 0.4) is 0 Å². The SMILES string of the molecule is CC[C@@H](CN1CCN(C(=O)C2CC2)CC1)C(C)(C)C. The highest BCUT2D eigenvalue weighted by molar-refractivity contribution is 5.81. The number of piperazine rings is 1. The van der Waals surface area contributed by atoms with E-state index in [9.17, 15) is 4.79 Å². The summed E-state index contributed by atoms with van der Waals surface area (Å²) in [5.41, 5.74) is 0.385. The lowest BCUT2D eigenvalue weighted by Crippen LogP contribution is -2.51. The Balaban J connectivity index is 1.77. The summed E-state index contributed by atoms with van der Waals surface area (Å²) < 4.78 is 0. The Morgan fingerprint density at radius 3 is 2.16 bits per heavy atom. The molecule has 2 rings (SSSR count). The first-order valence-corrected chi connectivity index (χ1v) is 7.93. The molecule has 2 fully saturated rings. The Kier molecular flexibility index (Phi) is 4.54. The molecule has 0 aromatic rings. The van der Waals surface area contributed by atoms with Crippen molar-refractivity contribution in [1.82, 2.24) is 9.80 Å². The van der Waals surface area contributed by atoms with E-state index in [4.69, 9.17) is 0 Å². The van der Waals surface area contributed by atoms with Gasteiger partial charge in [-0.25, -0.2) is 0 Å². The monoisotopic (exact) mass is 266 g/mol. The van der Waals surface area contributed by atoms with Crippen molar-refractivity contribution in [2.75, 3.05) is 32.7 Å². The molecule has 110 valence electrons. The minimum absolute atomic E-state index is 0.379. The van der Waals surface area contributed by atoms with Crippen molar-refractivity contribution in [3.8, 4) is 0 Å². The van der Waals surface area contributed by atoms with Crippen LogP contribution in [0.5, 0.6) is 0 Å². The Bertz CT molecular complexity index is 309. The second-order valence-corrected chi connectivity index (χ2v) is 7.37. The van der Waals surface area contributed by atoms with E-state index in [1.54, 1.807) is 0 Å². The van der Waals surface area contributed by atoms with Crippen LogP contribution in [0, 0.1) is 17.3 Å². The van der Waals surface area contributed by atoms with E-state index < -0.39 is 0 Å². The lowest BCUT2D eigenvalue weighted by Gasteiger charge is -2.39. The summed E-state index contributed by atoms with van der Waals surface area (Å²) in [6.07, 6.45) is 3.49. The third-order valence-corrected chi connectivity index (χ3v) is 4.81. The van der Waals surface area contributed by atoms with Crippen LogP contribution < -0.4 is 0 Å². The topological polar surface area (TPSA) is 23.6 Å². The first-order valence-electron chi connectivity index (χ1n) is 7.93. The summed E-state index contributed by atoms with van der Waals surface area (Å²) in [7, 11) is 0. The molecule has 0 aromatic heterocycles. The van der Waals surface area contributed by atoms with Crippen LogP contribution in [0.15, 0.2) is 0 Å². The van der Waals surface area contributed by atoms with Crippen molar-refractivity contribution in [3.63, 3.8) is 0 Å². The summed E-state index contributed by atoms with van der Waals surface area (Å²) >= 11 is 0. The van der Waals surface area contributed by atoms with Crippen molar-refractivity contribution in [2.24, 2.45) is 17.3 Å². The highest BCUT2D eigenvalue weighted by Gasteiger charge is 2.35. The fraction of sp³-hybridized carbons (Fsp3) is 0.938. The second-order valence-electron chi connectivity index (χ2n) is 7.37. The predicted octanol–water partition coefficient (Wildman–Crippen LogP) is 2.61. The van der Waals surface area contributed by atoms with Crippen molar-refractivity contribution in [3.05, 3.63) is 0 Å². The third kappa shape index (κ3) is 3.95. The van der Waals surface area contributed by atoms with Gasteiger partial charge in [-0.2, -0.15) is 0 Å². The van der Waals surface area contributed by atoms with Gasteiger partial charge in [-0.3, -0.25) is 9.69 Å². The minimum Gasteiger partial charge on any atom is -0.340 e. The molecular formula is C16H30N2O. The molecule has 0 unspecified atom stereocenters. The lowest BCUT2D eigenvalue weighted by molar-refractivity contribution is -0.134. The maximum Gasteiger partial charge on any atom is 0.225 e. The van der Waals surface area contributed by atoms with Crippen LogP contribution in [-0.4, -0.2) is 48.4 Å². The number of carbonyl (C=O) groups is 1. The first kappa shape index (κ1) is 14.8. The molecule has 19 heavy (non-hydrogen) atoms. The number of nitrogens with zero attached hydrogens (tertiary/aromatic N) is 2. The molecular weight excluding hydrogens is 236 g/mol. The van der Waals surface area contributed by atoms with Gasteiger partial charge in [0.05, 0.1) is 0 Å². The number of hydrogen-bond donors (Lipinski definition) is 0. The molecule has 1 aliphatic carbocycles. The van der Waals surface area contributed by atoms with E-state index in [1.807, 2.05) is 0 Å². The largest absolute Gasteiger partial charge is 0.340 e. The quantitative estimate of drug-likeness (QED) is 0.781. The van der Waals surface area contributed by atoms with Gasteiger partial charge >= 0.3 is 0 Å². The lowest BCUT2D eigenvalue weighted by atomic mass is 9.79. The zero-order chi connectivity index (χ0) is 14.0. The smallest absolute Gasteiger partial charge is 0.225 e. The summed E-state index contributed by atoms with van der Waals surface area (Å²) in [6.45, 7) is 14.5. The molecule has 3 nitrogen and oxygen atoms in total. The van der Waals surface area contributed by atoms with Crippen molar-refractivity contribution < 1.29 is 4.79 Å². The molecule has 2 aliphatic rings. The Morgan fingerprint density at radius 1 is 1.16 bits per heavy atom. The van der Waals surface area contributed by atoms with Gasteiger partial charge in [0, 0.05) is 38.6 Å². The van der Waals surface area contributed by atoms with Crippen LogP contribution in [0.2, 0.25) is 0 Å². The van der Waals surface area contributed by atoms with Crippen molar-refractivity contribution >= 4 is 5.91 Å². The highest BCUT2D eigenvalue weighted by Crippen LogP contribution is 2.32. The highest BCUT2D eigenvalue weighted by atomic mass is 16.2. The van der Waals surface area contributed by atoms with Crippen molar-refractivity contribution in [1.29, 1.82) is 0 Å². The van der Waals surface area contributed by atoms with Gasteiger partial charge in [-0.05, 0) is 24.2 Å².